The van der Waals surface area contributed by atoms with Crippen LogP contribution < -0.4 is 16.1 Å². The predicted molar refractivity (Wildman–Crippen MR) is 65.1 cm³/mol. The second-order valence-electron chi connectivity index (χ2n) is 3.38. The Morgan fingerprint density at radius 1 is 1.38 bits per heavy atom. The minimum atomic E-state index is 0.678. The number of nitrogens with zero attached hydrogens (tertiary/aromatic N) is 3. The van der Waals surface area contributed by atoms with Crippen molar-refractivity contribution in [3.05, 3.63) is 45.8 Å². The number of nitrogens with one attached hydrogen (secondary N) is 1. The smallest absolute Gasteiger partial charge is 0.167 e. The molecule has 2 heterocycles. The van der Waals surface area contributed by atoms with Crippen molar-refractivity contribution in [3.8, 4) is 0 Å². The van der Waals surface area contributed by atoms with E-state index in [9.17, 15) is 0 Å². The first-order valence-corrected chi connectivity index (χ1v) is 6.30. The fraction of sp³-hybridized carbons (Fsp3) is 0.100. The van der Waals surface area contributed by atoms with Gasteiger partial charge in [0.2, 0.25) is 0 Å². The maximum absolute atomic E-state index is 6.10. The molecule has 82 valence electrons. The van der Waals surface area contributed by atoms with Crippen molar-refractivity contribution < 1.29 is 0 Å². The Bertz CT molecular complexity index is 583. The van der Waals surface area contributed by atoms with Gasteiger partial charge in [0.25, 0.3) is 0 Å². The molecule has 0 unspecified atom stereocenters. The number of benzene rings is 1. The van der Waals surface area contributed by atoms with Crippen molar-refractivity contribution in [2.24, 2.45) is 4.99 Å². The lowest BCUT2D eigenvalue weighted by atomic mass is 10.3. The molecule has 0 fully saturated rings. The van der Waals surface area contributed by atoms with Crippen LogP contribution in [0.4, 0.5) is 0 Å². The van der Waals surface area contributed by atoms with Crippen LogP contribution >= 0.6 is 23.5 Å². The molecular weight excluding hydrogens is 244 g/mol. The van der Waals surface area contributed by atoms with Crippen molar-refractivity contribution in [3.63, 3.8) is 0 Å². The molecule has 0 spiro atoms. The predicted octanol–water partition coefficient (Wildman–Crippen LogP) is 0.825. The molecule has 0 atom stereocenters. The Morgan fingerprint density at radius 3 is 3.06 bits per heavy atom. The van der Waals surface area contributed by atoms with Gasteiger partial charge in [-0.25, -0.2) is 14.4 Å². The monoisotopic (exact) mass is 252 g/mol. The molecule has 0 amide bonds. The summed E-state index contributed by atoms with van der Waals surface area (Å²) in [5, 5.41) is 4.39. The zero-order valence-electron chi connectivity index (χ0n) is 8.51. The third kappa shape index (κ3) is 1.48. The number of hydrazine groups is 2. The van der Waals surface area contributed by atoms with Crippen LogP contribution in [0, 0.1) is 0 Å². The Morgan fingerprint density at radius 2 is 2.25 bits per heavy atom. The van der Waals surface area contributed by atoms with E-state index in [0.717, 1.165) is 16.4 Å². The molecule has 2 aliphatic heterocycles. The van der Waals surface area contributed by atoms with Crippen LogP contribution in [0.15, 0.2) is 35.2 Å². The molecular formula is C10H9ClN4S. The van der Waals surface area contributed by atoms with Gasteiger partial charge in [-0.15, -0.1) is 5.53 Å². The van der Waals surface area contributed by atoms with Gasteiger partial charge in [-0.2, -0.15) is 0 Å². The summed E-state index contributed by atoms with van der Waals surface area (Å²) in [6, 6.07) is 5.76. The van der Waals surface area contributed by atoms with E-state index < -0.39 is 0 Å². The van der Waals surface area contributed by atoms with Gasteiger partial charge < -0.3 is 0 Å². The summed E-state index contributed by atoms with van der Waals surface area (Å²) in [6.45, 7) is 0. The van der Waals surface area contributed by atoms with E-state index in [2.05, 4.69) is 10.5 Å². The van der Waals surface area contributed by atoms with E-state index >= 15 is 0 Å². The summed E-state index contributed by atoms with van der Waals surface area (Å²) in [5.74, 6) is 0.843. The van der Waals surface area contributed by atoms with Gasteiger partial charge in [-0.05, 0) is 18.0 Å². The number of hydrogen-bond donors (Lipinski definition) is 1. The highest BCUT2D eigenvalue weighted by Gasteiger charge is 2.20. The highest BCUT2D eigenvalue weighted by molar-refractivity contribution is 7.96. The Kier molecular flexibility index (Phi) is 2.31. The normalized spacial score (nSPS) is 17.2. The SMILES string of the molecule is CSN1C=C2N=c3c(Cl)cccc3=CN2N1. The summed E-state index contributed by atoms with van der Waals surface area (Å²) >= 11 is 7.68. The molecule has 0 saturated heterocycles. The third-order valence-corrected chi connectivity index (χ3v) is 3.28. The van der Waals surface area contributed by atoms with Crippen LogP contribution in [-0.2, 0) is 0 Å². The minimum absolute atomic E-state index is 0.678. The number of rotatable bonds is 1. The molecule has 3 rings (SSSR count). The Labute approximate surface area is 102 Å². The summed E-state index contributed by atoms with van der Waals surface area (Å²) < 4.78 is 1.88. The van der Waals surface area contributed by atoms with Crippen LogP contribution in [0.1, 0.15) is 0 Å². The first-order chi connectivity index (χ1) is 7.78. The molecule has 16 heavy (non-hydrogen) atoms. The van der Waals surface area contributed by atoms with Crippen molar-refractivity contribution in [1.82, 2.24) is 15.0 Å². The largest absolute Gasteiger partial charge is 0.246 e. The molecule has 1 N–H and O–H groups in total. The molecule has 1 aromatic carbocycles. The van der Waals surface area contributed by atoms with Gasteiger partial charge in [-0.1, -0.05) is 23.7 Å². The molecule has 0 bridgehead atoms. The second-order valence-corrected chi connectivity index (χ2v) is 4.55. The topological polar surface area (TPSA) is 30.9 Å². The lowest BCUT2D eigenvalue weighted by molar-refractivity contribution is 0.288. The van der Waals surface area contributed by atoms with Crippen LogP contribution in [0.5, 0.6) is 0 Å². The quantitative estimate of drug-likeness (QED) is 0.750. The Hall–Kier alpha value is -1.17. The maximum Gasteiger partial charge on any atom is 0.167 e. The summed E-state index contributed by atoms with van der Waals surface area (Å²) in [5.41, 5.74) is 3.15. The van der Waals surface area contributed by atoms with Crippen LogP contribution in [-0.4, -0.2) is 15.7 Å². The molecule has 6 heteroatoms. The molecule has 4 nitrogen and oxygen atoms in total. The number of para-hydroxylation sites is 1. The summed E-state index contributed by atoms with van der Waals surface area (Å²) in [6.07, 6.45) is 5.90. The average molecular weight is 253 g/mol. The number of hydrogen-bond acceptors (Lipinski definition) is 5. The van der Waals surface area contributed by atoms with Crippen molar-refractivity contribution >= 4 is 29.7 Å². The van der Waals surface area contributed by atoms with Crippen molar-refractivity contribution in [2.45, 2.75) is 0 Å². The van der Waals surface area contributed by atoms with Gasteiger partial charge in [0, 0.05) is 17.7 Å². The van der Waals surface area contributed by atoms with Crippen LogP contribution in [0.25, 0.3) is 6.20 Å². The van der Waals surface area contributed by atoms with E-state index in [0.29, 0.717) is 5.02 Å². The lowest BCUT2D eigenvalue weighted by Crippen LogP contribution is -2.40. The van der Waals surface area contributed by atoms with Crippen LogP contribution in [0.3, 0.4) is 0 Å². The number of fused-ring (bicyclic) bond motifs is 2. The Balaban J connectivity index is 2.18. The molecule has 2 aliphatic rings. The van der Waals surface area contributed by atoms with E-state index in [4.69, 9.17) is 11.6 Å². The van der Waals surface area contributed by atoms with Crippen molar-refractivity contribution in [1.29, 1.82) is 0 Å². The third-order valence-electron chi connectivity index (χ3n) is 2.40. The minimum Gasteiger partial charge on any atom is -0.246 e. The molecule has 0 aromatic heterocycles. The molecule has 1 aromatic rings. The standard InChI is InChI=1S/C10H9ClN4S/c1-16-15-6-9-12-10-7(5-14(9)13-15)3-2-4-8(10)11/h2-6,13H,1H3. The van der Waals surface area contributed by atoms with Crippen molar-refractivity contribution in [2.75, 3.05) is 6.26 Å². The van der Waals surface area contributed by atoms with Gasteiger partial charge in [0.15, 0.2) is 5.82 Å². The zero-order valence-corrected chi connectivity index (χ0v) is 10.1. The molecule has 0 radical (unpaired) electrons. The van der Waals surface area contributed by atoms with E-state index in [1.165, 1.54) is 0 Å². The molecule has 0 aliphatic carbocycles. The van der Waals surface area contributed by atoms with E-state index in [1.807, 2.05) is 46.3 Å². The lowest BCUT2D eigenvalue weighted by Gasteiger charge is -2.19. The average Bonchev–Trinajstić information content (AvgIpc) is 2.69. The van der Waals surface area contributed by atoms with Gasteiger partial charge in [0.05, 0.1) is 16.6 Å². The second kappa shape index (κ2) is 3.69. The maximum atomic E-state index is 6.10. The highest BCUT2D eigenvalue weighted by Crippen LogP contribution is 2.18. The molecule has 0 saturated carbocycles. The van der Waals surface area contributed by atoms with Crippen LogP contribution in [0.2, 0.25) is 5.02 Å². The van der Waals surface area contributed by atoms with Gasteiger partial charge >= 0.3 is 0 Å². The summed E-state index contributed by atoms with van der Waals surface area (Å²) in [4.78, 5) is 4.51. The summed E-state index contributed by atoms with van der Waals surface area (Å²) in [7, 11) is 0. The van der Waals surface area contributed by atoms with Gasteiger partial charge in [0.1, 0.15) is 0 Å². The fourth-order valence-electron chi connectivity index (χ4n) is 1.63. The van der Waals surface area contributed by atoms with Gasteiger partial charge in [-0.3, -0.25) is 0 Å². The van der Waals surface area contributed by atoms with E-state index in [1.54, 1.807) is 11.9 Å². The highest BCUT2D eigenvalue weighted by atomic mass is 35.5. The zero-order chi connectivity index (χ0) is 11.1. The first kappa shape index (κ1) is 10.0. The fourth-order valence-corrected chi connectivity index (χ4v) is 2.23. The number of halogens is 1. The first-order valence-electron chi connectivity index (χ1n) is 4.74. The van der Waals surface area contributed by atoms with E-state index in [-0.39, 0.29) is 0 Å².